The number of carbonyl (C=O) groups is 1. The minimum atomic E-state index is -0.712. The molecule has 0 heterocycles. The molecule has 0 aromatic rings. The third-order valence-corrected chi connectivity index (χ3v) is 3.85. The highest BCUT2D eigenvalue weighted by molar-refractivity contribution is 5.69. The summed E-state index contributed by atoms with van der Waals surface area (Å²) in [5.41, 5.74) is 0. The van der Waals surface area contributed by atoms with Crippen molar-refractivity contribution < 1.29 is 9.90 Å². The normalized spacial score (nSPS) is 17.9. The number of rotatable bonds is 7. The fourth-order valence-electron chi connectivity index (χ4n) is 2.75. The Hall–Kier alpha value is -0.570. The van der Waals surface area contributed by atoms with Crippen molar-refractivity contribution in [2.75, 3.05) is 13.1 Å². The predicted octanol–water partition coefficient (Wildman–Crippen LogP) is 3.14. The molecule has 0 amide bonds. The zero-order valence-corrected chi connectivity index (χ0v) is 11.3. The van der Waals surface area contributed by atoms with Gasteiger partial charge in [-0.2, -0.15) is 0 Å². The van der Waals surface area contributed by atoms with Crippen molar-refractivity contribution in [2.45, 2.75) is 64.8 Å². The molecule has 1 saturated carbocycles. The van der Waals surface area contributed by atoms with Gasteiger partial charge in [0.1, 0.15) is 0 Å². The fourth-order valence-corrected chi connectivity index (χ4v) is 2.75. The van der Waals surface area contributed by atoms with Crippen LogP contribution in [-0.2, 0) is 4.79 Å². The van der Waals surface area contributed by atoms with Crippen LogP contribution >= 0.6 is 0 Å². The fraction of sp³-hybridized carbons (Fsp3) is 0.929. The maximum Gasteiger partial charge on any atom is 0.317 e. The molecule has 0 aromatic carbocycles. The van der Waals surface area contributed by atoms with Gasteiger partial charge in [-0.1, -0.05) is 32.1 Å². The Morgan fingerprint density at radius 1 is 1.29 bits per heavy atom. The zero-order valence-electron chi connectivity index (χ0n) is 11.3. The van der Waals surface area contributed by atoms with E-state index in [1.165, 1.54) is 38.5 Å². The molecule has 1 aliphatic carbocycles. The van der Waals surface area contributed by atoms with Crippen LogP contribution in [0.15, 0.2) is 0 Å². The summed E-state index contributed by atoms with van der Waals surface area (Å²) >= 11 is 0. The van der Waals surface area contributed by atoms with Crippen LogP contribution in [0.5, 0.6) is 0 Å². The van der Waals surface area contributed by atoms with Crippen LogP contribution in [0.4, 0.5) is 0 Å². The molecule has 0 radical (unpaired) electrons. The summed E-state index contributed by atoms with van der Waals surface area (Å²) in [7, 11) is 0. The minimum Gasteiger partial charge on any atom is -0.480 e. The number of carboxylic acid groups (broad SMARTS) is 1. The maximum atomic E-state index is 10.7. The van der Waals surface area contributed by atoms with Crippen molar-refractivity contribution >= 4 is 5.97 Å². The van der Waals surface area contributed by atoms with E-state index in [0.717, 1.165) is 18.9 Å². The van der Waals surface area contributed by atoms with Gasteiger partial charge >= 0.3 is 5.97 Å². The Kier molecular flexibility index (Phi) is 6.56. The van der Waals surface area contributed by atoms with Gasteiger partial charge in [0.25, 0.3) is 0 Å². The molecule has 0 unspecified atom stereocenters. The molecule has 3 nitrogen and oxygen atoms in total. The molecule has 0 aliphatic heterocycles. The van der Waals surface area contributed by atoms with E-state index in [1.54, 1.807) is 0 Å². The van der Waals surface area contributed by atoms with Crippen molar-refractivity contribution in [3.8, 4) is 0 Å². The highest BCUT2D eigenvalue weighted by atomic mass is 16.4. The smallest absolute Gasteiger partial charge is 0.317 e. The Morgan fingerprint density at radius 3 is 2.47 bits per heavy atom. The first-order chi connectivity index (χ1) is 8.09. The molecule has 1 fully saturated rings. The molecule has 0 spiro atoms. The van der Waals surface area contributed by atoms with Gasteiger partial charge in [0, 0.05) is 6.04 Å². The number of hydrogen-bond donors (Lipinski definition) is 1. The molecule has 3 heteroatoms. The van der Waals surface area contributed by atoms with Gasteiger partial charge in [0.2, 0.25) is 0 Å². The quantitative estimate of drug-likeness (QED) is 0.744. The van der Waals surface area contributed by atoms with Gasteiger partial charge in [0.15, 0.2) is 0 Å². The second-order valence-corrected chi connectivity index (χ2v) is 5.60. The Morgan fingerprint density at radius 2 is 1.94 bits per heavy atom. The summed E-state index contributed by atoms with van der Waals surface area (Å²) in [6.07, 6.45) is 9.41. The van der Waals surface area contributed by atoms with Crippen LogP contribution in [0.25, 0.3) is 0 Å². The van der Waals surface area contributed by atoms with Gasteiger partial charge in [0.05, 0.1) is 6.54 Å². The van der Waals surface area contributed by atoms with Crippen molar-refractivity contribution in [3.05, 3.63) is 0 Å². The van der Waals surface area contributed by atoms with Crippen molar-refractivity contribution in [2.24, 2.45) is 5.92 Å². The largest absolute Gasteiger partial charge is 0.480 e. The topological polar surface area (TPSA) is 40.5 Å². The summed E-state index contributed by atoms with van der Waals surface area (Å²) in [5.74, 6) is 0.193. The maximum absolute atomic E-state index is 10.7. The summed E-state index contributed by atoms with van der Waals surface area (Å²) in [5, 5.41) is 8.84. The van der Waals surface area contributed by atoms with Crippen molar-refractivity contribution in [1.82, 2.24) is 4.90 Å². The molecule has 0 bridgehead atoms. The molecule has 1 rings (SSSR count). The van der Waals surface area contributed by atoms with Crippen LogP contribution < -0.4 is 0 Å². The molecule has 0 saturated heterocycles. The first-order valence-electron chi connectivity index (χ1n) is 7.05. The van der Waals surface area contributed by atoms with E-state index < -0.39 is 5.97 Å². The van der Waals surface area contributed by atoms with Gasteiger partial charge in [-0.05, 0) is 39.2 Å². The van der Waals surface area contributed by atoms with E-state index in [1.807, 2.05) is 0 Å². The molecule has 1 N–H and O–H groups in total. The monoisotopic (exact) mass is 241 g/mol. The highest BCUT2D eigenvalue weighted by Gasteiger charge is 2.16. The van der Waals surface area contributed by atoms with Crippen molar-refractivity contribution in [3.63, 3.8) is 0 Å². The first-order valence-corrected chi connectivity index (χ1v) is 7.05. The third-order valence-electron chi connectivity index (χ3n) is 3.85. The van der Waals surface area contributed by atoms with E-state index >= 15 is 0 Å². The summed E-state index contributed by atoms with van der Waals surface area (Å²) < 4.78 is 0. The van der Waals surface area contributed by atoms with Gasteiger partial charge in [-0.3, -0.25) is 9.69 Å². The van der Waals surface area contributed by atoms with Crippen LogP contribution in [0.2, 0.25) is 0 Å². The van der Waals surface area contributed by atoms with Crippen molar-refractivity contribution in [1.29, 1.82) is 0 Å². The molecule has 100 valence electrons. The van der Waals surface area contributed by atoms with E-state index in [-0.39, 0.29) is 6.54 Å². The van der Waals surface area contributed by atoms with Crippen LogP contribution in [0, 0.1) is 5.92 Å². The lowest BCUT2D eigenvalue weighted by Crippen LogP contribution is -2.36. The second-order valence-electron chi connectivity index (χ2n) is 5.60. The number of aliphatic carboxylic acids is 1. The number of hydrogen-bond acceptors (Lipinski definition) is 2. The van der Waals surface area contributed by atoms with Crippen LogP contribution in [-0.4, -0.2) is 35.1 Å². The Balaban J connectivity index is 2.19. The standard InChI is InChI=1S/C14H27NO2/c1-12(2)15(11-14(16)17)10-6-9-13-7-4-3-5-8-13/h12-13H,3-11H2,1-2H3,(H,16,17). The summed E-state index contributed by atoms with van der Waals surface area (Å²) in [6.45, 7) is 5.26. The molecule has 0 aromatic heterocycles. The molecule has 1 aliphatic rings. The zero-order chi connectivity index (χ0) is 12.7. The Bertz CT molecular complexity index is 222. The first kappa shape index (κ1) is 14.5. The van der Waals surface area contributed by atoms with E-state index in [9.17, 15) is 4.79 Å². The van der Waals surface area contributed by atoms with Gasteiger partial charge in [-0.25, -0.2) is 0 Å². The van der Waals surface area contributed by atoms with E-state index in [0.29, 0.717) is 6.04 Å². The predicted molar refractivity (Wildman–Crippen MR) is 70.2 cm³/mol. The average molecular weight is 241 g/mol. The number of nitrogens with zero attached hydrogens (tertiary/aromatic N) is 1. The SMILES string of the molecule is CC(C)N(CCCC1CCCCC1)CC(=O)O. The molecule has 17 heavy (non-hydrogen) atoms. The summed E-state index contributed by atoms with van der Waals surface area (Å²) in [4.78, 5) is 12.8. The van der Waals surface area contributed by atoms with Gasteiger partial charge in [-0.15, -0.1) is 0 Å². The van der Waals surface area contributed by atoms with Crippen LogP contribution in [0.3, 0.4) is 0 Å². The number of carboxylic acids is 1. The lowest BCUT2D eigenvalue weighted by molar-refractivity contribution is -0.138. The minimum absolute atomic E-state index is 0.183. The highest BCUT2D eigenvalue weighted by Crippen LogP contribution is 2.27. The lowest BCUT2D eigenvalue weighted by atomic mass is 9.86. The Labute approximate surface area is 105 Å². The summed E-state index contributed by atoms with van der Waals surface area (Å²) in [6, 6.07) is 0.331. The second kappa shape index (κ2) is 7.70. The molecule has 0 atom stereocenters. The van der Waals surface area contributed by atoms with E-state index in [2.05, 4.69) is 18.7 Å². The van der Waals surface area contributed by atoms with Crippen LogP contribution in [0.1, 0.15) is 58.8 Å². The van der Waals surface area contributed by atoms with Gasteiger partial charge < -0.3 is 5.11 Å². The average Bonchev–Trinajstić information content (AvgIpc) is 2.28. The van der Waals surface area contributed by atoms with E-state index in [4.69, 9.17) is 5.11 Å². The lowest BCUT2D eigenvalue weighted by Gasteiger charge is -2.26. The molecular formula is C14H27NO2. The molecular weight excluding hydrogens is 214 g/mol. The third kappa shape index (κ3) is 6.06.